The summed E-state index contributed by atoms with van der Waals surface area (Å²) in [5.41, 5.74) is 2.48. The molecule has 0 saturated carbocycles. The highest BCUT2D eigenvalue weighted by molar-refractivity contribution is 7.98. The summed E-state index contributed by atoms with van der Waals surface area (Å²) in [6.07, 6.45) is 3.64. The Morgan fingerprint density at radius 1 is 0.971 bits per heavy atom. The Hall–Kier alpha value is -3.65. The van der Waals surface area contributed by atoms with Gasteiger partial charge in [-0.15, -0.1) is 11.8 Å². The minimum absolute atomic E-state index is 0.199. The van der Waals surface area contributed by atoms with Gasteiger partial charge in [-0.1, -0.05) is 0 Å². The van der Waals surface area contributed by atoms with E-state index in [9.17, 15) is 9.18 Å². The van der Waals surface area contributed by atoms with E-state index >= 15 is 0 Å². The number of methoxy groups -OCH3 is 3. The first-order valence-corrected chi connectivity index (χ1v) is 11.7. The van der Waals surface area contributed by atoms with Crippen LogP contribution in [0, 0.1) is 5.82 Å². The first-order valence-electron chi connectivity index (χ1n) is 10.5. The van der Waals surface area contributed by atoms with Gasteiger partial charge in [0.05, 0.1) is 21.3 Å². The smallest absolute Gasteiger partial charge is 0.191 e. The molecule has 3 aromatic carbocycles. The Balaban J connectivity index is 1.83. The van der Waals surface area contributed by atoms with Gasteiger partial charge in [-0.3, -0.25) is 4.79 Å². The summed E-state index contributed by atoms with van der Waals surface area (Å²) in [4.78, 5) is 18.1. The second-order valence-corrected chi connectivity index (χ2v) is 8.42. The quantitative estimate of drug-likeness (QED) is 0.223. The SMILES string of the molecule is COc1cc(NC(C(=O)c2c[nH]c3cc(OC)ccc23)c2ccc(F)cc2OC)cc(SC)c1. The van der Waals surface area contributed by atoms with Crippen LogP contribution in [0.5, 0.6) is 17.2 Å². The number of benzene rings is 3. The lowest BCUT2D eigenvalue weighted by Gasteiger charge is -2.22. The third-order valence-corrected chi connectivity index (χ3v) is 6.29. The van der Waals surface area contributed by atoms with Gasteiger partial charge in [-0.25, -0.2) is 4.39 Å². The van der Waals surface area contributed by atoms with Crippen LogP contribution in [0.1, 0.15) is 22.0 Å². The van der Waals surface area contributed by atoms with Gasteiger partial charge in [0.25, 0.3) is 0 Å². The number of carbonyl (C=O) groups excluding carboxylic acids is 1. The highest BCUT2D eigenvalue weighted by Crippen LogP contribution is 2.35. The largest absolute Gasteiger partial charge is 0.497 e. The minimum Gasteiger partial charge on any atom is -0.497 e. The van der Waals surface area contributed by atoms with Crippen molar-refractivity contribution < 1.29 is 23.4 Å². The van der Waals surface area contributed by atoms with E-state index in [0.29, 0.717) is 28.3 Å². The number of halogens is 1. The lowest BCUT2D eigenvalue weighted by atomic mass is 9.95. The van der Waals surface area contributed by atoms with Gasteiger partial charge in [-0.05, 0) is 42.7 Å². The lowest BCUT2D eigenvalue weighted by molar-refractivity contribution is 0.0970. The van der Waals surface area contributed by atoms with E-state index in [2.05, 4.69) is 10.3 Å². The minimum atomic E-state index is -0.849. The number of hydrogen-bond donors (Lipinski definition) is 2. The first-order chi connectivity index (χ1) is 16.5. The molecule has 0 bridgehead atoms. The van der Waals surface area contributed by atoms with Crippen molar-refractivity contribution in [2.24, 2.45) is 0 Å². The average Bonchev–Trinajstić information content (AvgIpc) is 3.29. The van der Waals surface area contributed by atoms with Crippen molar-refractivity contribution in [2.45, 2.75) is 10.9 Å². The number of fused-ring (bicyclic) bond motifs is 1. The molecule has 0 aliphatic carbocycles. The highest BCUT2D eigenvalue weighted by atomic mass is 32.2. The highest BCUT2D eigenvalue weighted by Gasteiger charge is 2.28. The molecule has 1 unspecified atom stereocenters. The Morgan fingerprint density at radius 2 is 1.76 bits per heavy atom. The maximum atomic E-state index is 14.0. The van der Waals surface area contributed by atoms with E-state index in [1.807, 2.05) is 36.6 Å². The van der Waals surface area contributed by atoms with Crippen molar-refractivity contribution in [3.05, 3.63) is 77.7 Å². The molecule has 0 radical (unpaired) electrons. The predicted octanol–water partition coefficient (Wildman–Crippen LogP) is 6.09. The molecule has 0 fully saturated rings. The molecule has 0 aliphatic heterocycles. The molecule has 176 valence electrons. The molecule has 8 heteroatoms. The van der Waals surface area contributed by atoms with E-state index in [-0.39, 0.29) is 11.5 Å². The molecule has 34 heavy (non-hydrogen) atoms. The van der Waals surface area contributed by atoms with Crippen molar-refractivity contribution in [1.82, 2.24) is 4.98 Å². The number of anilines is 1. The zero-order chi connectivity index (χ0) is 24.2. The Labute approximate surface area is 201 Å². The van der Waals surface area contributed by atoms with E-state index in [4.69, 9.17) is 14.2 Å². The molecule has 2 N–H and O–H groups in total. The molecular weight excluding hydrogens is 455 g/mol. The van der Waals surface area contributed by atoms with Gasteiger partial charge < -0.3 is 24.5 Å². The Kier molecular flexibility index (Phi) is 6.98. The number of nitrogens with one attached hydrogen (secondary N) is 2. The number of ether oxygens (including phenoxy) is 3. The zero-order valence-corrected chi connectivity index (χ0v) is 20.1. The van der Waals surface area contributed by atoms with Crippen LogP contribution in [0.4, 0.5) is 10.1 Å². The van der Waals surface area contributed by atoms with E-state index < -0.39 is 11.9 Å². The van der Waals surface area contributed by atoms with Crippen LogP contribution in [-0.4, -0.2) is 38.4 Å². The predicted molar refractivity (Wildman–Crippen MR) is 133 cm³/mol. The molecule has 0 aliphatic rings. The second-order valence-electron chi connectivity index (χ2n) is 7.54. The number of H-pyrrole nitrogens is 1. The van der Waals surface area contributed by atoms with Gasteiger partial charge >= 0.3 is 0 Å². The third-order valence-electron chi connectivity index (χ3n) is 5.59. The number of ketones is 1. The lowest BCUT2D eigenvalue weighted by Crippen LogP contribution is -2.22. The summed E-state index contributed by atoms with van der Waals surface area (Å²) in [5, 5.41) is 4.09. The van der Waals surface area contributed by atoms with Gasteiger partial charge in [0.1, 0.15) is 29.1 Å². The molecule has 6 nitrogen and oxygen atoms in total. The van der Waals surface area contributed by atoms with Crippen LogP contribution in [-0.2, 0) is 0 Å². The van der Waals surface area contributed by atoms with Crippen molar-refractivity contribution >= 4 is 34.1 Å². The van der Waals surface area contributed by atoms with Gasteiger partial charge in [0.15, 0.2) is 5.78 Å². The Bertz CT molecular complexity index is 1320. The summed E-state index contributed by atoms with van der Waals surface area (Å²) < 4.78 is 30.1. The standard InChI is InChI=1S/C26H25FN2O4S/c1-31-17-6-8-20-22(14-28-23(20)13-17)26(30)25(21-7-5-15(27)9-24(21)33-3)29-16-10-18(32-2)12-19(11-16)34-4/h5-14,25,28-29H,1-4H3. The summed E-state index contributed by atoms with van der Waals surface area (Å²) in [7, 11) is 4.64. The van der Waals surface area contributed by atoms with E-state index in [1.165, 1.54) is 19.2 Å². The number of carbonyl (C=O) groups is 1. The number of Topliss-reactive ketones (excluding diaryl/α,β-unsaturated/α-hetero) is 1. The normalized spacial score (nSPS) is 11.8. The maximum Gasteiger partial charge on any atom is 0.191 e. The van der Waals surface area contributed by atoms with Gasteiger partial charge in [0, 0.05) is 57.0 Å². The number of thioether (sulfide) groups is 1. The van der Waals surface area contributed by atoms with Gasteiger partial charge in [0.2, 0.25) is 0 Å². The fraction of sp³-hybridized carbons (Fsp3) is 0.192. The monoisotopic (exact) mass is 480 g/mol. The van der Waals surface area contributed by atoms with E-state index in [1.54, 1.807) is 44.3 Å². The Morgan fingerprint density at radius 3 is 2.47 bits per heavy atom. The van der Waals surface area contributed by atoms with Crippen molar-refractivity contribution in [3.63, 3.8) is 0 Å². The molecule has 1 atom stereocenters. The van der Waals surface area contributed by atoms with Crippen molar-refractivity contribution in [3.8, 4) is 17.2 Å². The molecule has 0 spiro atoms. The number of aromatic amines is 1. The van der Waals surface area contributed by atoms with Gasteiger partial charge in [-0.2, -0.15) is 0 Å². The maximum absolute atomic E-state index is 14.0. The van der Waals surface area contributed by atoms with Crippen molar-refractivity contribution in [1.29, 1.82) is 0 Å². The van der Waals surface area contributed by atoms with Crippen LogP contribution in [0.3, 0.4) is 0 Å². The van der Waals surface area contributed by atoms with Crippen LogP contribution >= 0.6 is 11.8 Å². The fourth-order valence-corrected chi connectivity index (χ4v) is 4.34. The molecule has 1 heterocycles. The van der Waals surface area contributed by atoms with Crippen LogP contribution < -0.4 is 19.5 Å². The van der Waals surface area contributed by atoms with Crippen LogP contribution in [0.15, 0.2) is 65.7 Å². The summed E-state index contributed by atoms with van der Waals surface area (Å²) in [6, 6.07) is 14.5. The molecule has 4 aromatic rings. The third kappa shape index (κ3) is 4.68. The second kappa shape index (κ2) is 10.1. The molecule has 0 saturated heterocycles. The van der Waals surface area contributed by atoms with Crippen LogP contribution in [0.25, 0.3) is 10.9 Å². The summed E-state index contributed by atoms with van der Waals surface area (Å²) in [6.45, 7) is 0. The topological polar surface area (TPSA) is 72.6 Å². The average molecular weight is 481 g/mol. The summed E-state index contributed by atoms with van der Waals surface area (Å²) >= 11 is 1.56. The summed E-state index contributed by atoms with van der Waals surface area (Å²) in [5.74, 6) is 0.974. The zero-order valence-electron chi connectivity index (χ0n) is 19.3. The van der Waals surface area contributed by atoms with Crippen molar-refractivity contribution in [2.75, 3.05) is 32.9 Å². The number of aromatic nitrogens is 1. The molecule has 4 rings (SSSR count). The first kappa shape index (κ1) is 23.5. The molecular formula is C26H25FN2O4S. The van der Waals surface area contributed by atoms with E-state index in [0.717, 1.165) is 15.8 Å². The number of rotatable bonds is 9. The number of hydrogen-bond acceptors (Lipinski definition) is 6. The molecule has 1 aromatic heterocycles. The fourth-order valence-electron chi connectivity index (χ4n) is 3.86. The van der Waals surface area contributed by atoms with Crippen LogP contribution in [0.2, 0.25) is 0 Å². The molecule has 0 amide bonds.